The monoisotopic (exact) mass is 594 g/mol. The van der Waals surface area contributed by atoms with Gasteiger partial charge in [0.05, 0.1) is 47.5 Å². The predicted octanol–water partition coefficient (Wildman–Crippen LogP) is 3.11. The van der Waals surface area contributed by atoms with E-state index in [-0.39, 0.29) is 36.6 Å². The van der Waals surface area contributed by atoms with Crippen molar-refractivity contribution in [2.24, 2.45) is 0 Å². The molecule has 226 valence electrons. The Hall–Kier alpha value is -4.74. The second-order valence-electron chi connectivity index (χ2n) is 11.8. The molecular weight excluding hydrogens is 560 g/mol. The number of nitrogens with one attached hydrogen (secondary N) is 2. The molecule has 4 heterocycles. The molecule has 2 aliphatic heterocycles. The van der Waals surface area contributed by atoms with Gasteiger partial charge in [-0.3, -0.25) is 19.3 Å². The van der Waals surface area contributed by atoms with Crippen LogP contribution in [-0.2, 0) is 11.3 Å². The second-order valence-corrected chi connectivity index (χ2v) is 11.8. The number of aliphatic hydroxyl groups excluding tert-OH is 1. The highest BCUT2D eigenvalue weighted by Crippen LogP contribution is 2.33. The summed E-state index contributed by atoms with van der Waals surface area (Å²) in [5.41, 5.74) is 3.71. The van der Waals surface area contributed by atoms with Crippen LogP contribution in [0.1, 0.15) is 45.8 Å². The summed E-state index contributed by atoms with van der Waals surface area (Å²) in [6.45, 7) is 2.24. The normalized spacial score (nSPS) is 18.6. The van der Waals surface area contributed by atoms with Gasteiger partial charge in [-0.15, -0.1) is 0 Å². The summed E-state index contributed by atoms with van der Waals surface area (Å²) >= 11 is 0. The highest BCUT2D eigenvalue weighted by Gasteiger charge is 2.41. The van der Waals surface area contributed by atoms with Crippen LogP contribution in [0.15, 0.2) is 60.4 Å². The minimum absolute atomic E-state index is 0.110. The van der Waals surface area contributed by atoms with E-state index in [0.717, 1.165) is 42.6 Å². The van der Waals surface area contributed by atoms with Crippen molar-refractivity contribution >= 4 is 45.1 Å². The molecule has 44 heavy (non-hydrogen) atoms. The van der Waals surface area contributed by atoms with E-state index in [4.69, 9.17) is 4.74 Å². The third-order valence-corrected chi connectivity index (χ3v) is 8.86. The molecule has 3 N–H and O–H groups in total. The van der Waals surface area contributed by atoms with Crippen LogP contribution in [0.25, 0.3) is 27.5 Å². The molecule has 7 rings (SSSR count). The number of H-pyrrole nitrogens is 1. The summed E-state index contributed by atoms with van der Waals surface area (Å²) in [5, 5.41) is 15.1. The summed E-state index contributed by atoms with van der Waals surface area (Å²) in [7, 11) is 3.67. The van der Waals surface area contributed by atoms with Gasteiger partial charge in [0, 0.05) is 41.8 Å². The van der Waals surface area contributed by atoms with Gasteiger partial charge in [0.1, 0.15) is 11.6 Å². The average Bonchev–Trinajstić information content (AvgIpc) is 3.69. The van der Waals surface area contributed by atoms with Crippen LogP contribution in [0, 0.1) is 0 Å². The van der Waals surface area contributed by atoms with Gasteiger partial charge in [-0.05, 0) is 75.5 Å². The van der Waals surface area contributed by atoms with Gasteiger partial charge in [0.15, 0.2) is 5.78 Å². The fraction of sp³-hybridized carbons (Fsp3) is 0.333. The molecular formula is C33H34N6O5. The molecule has 11 nitrogen and oxygen atoms in total. The summed E-state index contributed by atoms with van der Waals surface area (Å²) < 4.78 is 7.28. The number of rotatable bonds is 8. The van der Waals surface area contributed by atoms with E-state index >= 15 is 0 Å². The first-order valence-electron chi connectivity index (χ1n) is 14.9. The molecule has 1 aliphatic carbocycles. The number of allylic oxidation sites excluding steroid dienone is 3. The largest absolute Gasteiger partial charge is 0.497 e. The molecule has 4 aromatic rings. The number of imide groups is 1. The number of amides is 2. The molecule has 1 atom stereocenters. The number of methoxy groups -OCH3 is 1. The molecule has 0 bridgehead atoms. The molecule has 2 amide bonds. The number of likely N-dealkylation sites (tertiary alicyclic amines) is 1. The number of aromatic nitrogens is 3. The van der Waals surface area contributed by atoms with E-state index in [1.807, 2.05) is 48.2 Å². The standard InChI is InChI=1S/C33H34N6O5/c1-37-11-9-20(10-12-37)39-32(42)23-15-26-27(16-24(23)33(39)43)36-31(35-26)30-25(4-3-5-29(30)41)34-17-21(40)18-38-13-8-19-14-22(44-2)6-7-28(19)38/h3-4,6-8,13-16,20-21,34,40H,5,9-12,17-18H2,1-2H3,(H,35,36)/t21-/m1/s1. The van der Waals surface area contributed by atoms with Gasteiger partial charge in [0.25, 0.3) is 11.8 Å². The molecule has 0 radical (unpaired) electrons. The molecule has 0 saturated carbocycles. The van der Waals surface area contributed by atoms with E-state index in [1.165, 1.54) is 4.90 Å². The number of carbonyl (C=O) groups is 3. The third kappa shape index (κ3) is 4.87. The van der Waals surface area contributed by atoms with Crippen LogP contribution in [0.3, 0.4) is 0 Å². The second kappa shape index (κ2) is 11.1. The van der Waals surface area contributed by atoms with Gasteiger partial charge >= 0.3 is 0 Å². The molecule has 11 heteroatoms. The zero-order chi connectivity index (χ0) is 30.5. The number of aromatic amines is 1. The van der Waals surface area contributed by atoms with Crippen molar-refractivity contribution in [1.82, 2.24) is 29.7 Å². The number of piperidine rings is 1. The number of imidazole rings is 1. The Morgan fingerprint density at radius 1 is 1.09 bits per heavy atom. The first-order chi connectivity index (χ1) is 21.3. The van der Waals surface area contributed by atoms with Gasteiger partial charge in [0.2, 0.25) is 0 Å². The van der Waals surface area contributed by atoms with Crippen molar-refractivity contribution in [1.29, 1.82) is 0 Å². The minimum atomic E-state index is -0.741. The van der Waals surface area contributed by atoms with Crippen LogP contribution in [0.5, 0.6) is 5.75 Å². The van der Waals surface area contributed by atoms with Gasteiger partial charge in [-0.2, -0.15) is 0 Å². The predicted molar refractivity (Wildman–Crippen MR) is 165 cm³/mol. The Morgan fingerprint density at radius 3 is 2.64 bits per heavy atom. The van der Waals surface area contributed by atoms with Crippen LogP contribution in [0.4, 0.5) is 0 Å². The van der Waals surface area contributed by atoms with E-state index in [2.05, 4.69) is 20.2 Å². The van der Waals surface area contributed by atoms with Gasteiger partial charge < -0.3 is 29.6 Å². The van der Waals surface area contributed by atoms with Crippen LogP contribution >= 0.6 is 0 Å². The van der Waals surface area contributed by atoms with Crippen molar-refractivity contribution in [3.05, 3.63) is 77.4 Å². The number of Topliss-reactive ketones (excluding diaryl/α,β-unsaturated/α-hetero) is 1. The number of ether oxygens (including phenoxy) is 1. The number of hydrogen-bond donors (Lipinski definition) is 3. The maximum Gasteiger partial charge on any atom is 0.261 e. The highest BCUT2D eigenvalue weighted by atomic mass is 16.5. The van der Waals surface area contributed by atoms with Crippen LogP contribution in [0.2, 0.25) is 0 Å². The van der Waals surface area contributed by atoms with Crippen molar-refractivity contribution in [3.8, 4) is 5.75 Å². The van der Waals surface area contributed by atoms with Gasteiger partial charge in [-0.25, -0.2) is 4.98 Å². The van der Waals surface area contributed by atoms with Crippen molar-refractivity contribution in [2.45, 2.75) is 38.0 Å². The van der Waals surface area contributed by atoms with Crippen molar-refractivity contribution in [3.63, 3.8) is 0 Å². The molecule has 0 spiro atoms. The van der Waals surface area contributed by atoms with Gasteiger partial charge in [-0.1, -0.05) is 6.08 Å². The summed E-state index contributed by atoms with van der Waals surface area (Å²) in [4.78, 5) is 51.3. The first-order valence-corrected chi connectivity index (χ1v) is 14.9. The number of aliphatic hydroxyl groups is 1. The Kier molecular flexibility index (Phi) is 7.06. The minimum Gasteiger partial charge on any atom is -0.497 e. The SMILES string of the molecule is COc1ccc2c(ccn2C[C@H](O)CNC2=C(c3nc4cc5c(cc4[nH]3)C(=O)N(C3CCN(C)CC3)C5=O)C(=O)CC=C2)c1. The van der Waals surface area contributed by atoms with E-state index in [9.17, 15) is 19.5 Å². The van der Waals surface area contributed by atoms with Crippen molar-refractivity contribution < 1.29 is 24.2 Å². The summed E-state index contributed by atoms with van der Waals surface area (Å²) in [6.07, 6.45) is 6.52. The summed E-state index contributed by atoms with van der Waals surface area (Å²) in [5.74, 6) is 0.440. The Balaban J connectivity index is 1.11. The lowest BCUT2D eigenvalue weighted by atomic mass is 10.00. The lowest BCUT2D eigenvalue weighted by Gasteiger charge is -2.33. The number of fused-ring (bicyclic) bond motifs is 3. The quantitative estimate of drug-likeness (QED) is 0.265. The van der Waals surface area contributed by atoms with E-state index in [0.29, 0.717) is 45.8 Å². The number of ketones is 1. The number of hydrogen-bond acceptors (Lipinski definition) is 8. The number of carbonyl (C=O) groups excluding carboxylic acids is 3. The third-order valence-electron chi connectivity index (χ3n) is 8.86. The van der Waals surface area contributed by atoms with E-state index in [1.54, 1.807) is 25.3 Å². The number of benzene rings is 2. The summed E-state index contributed by atoms with van der Waals surface area (Å²) in [6, 6.07) is 11.0. The molecule has 0 unspecified atom stereocenters. The lowest BCUT2D eigenvalue weighted by molar-refractivity contribution is -0.113. The molecule has 1 fully saturated rings. The maximum atomic E-state index is 13.4. The fourth-order valence-corrected chi connectivity index (χ4v) is 6.48. The lowest BCUT2D eigenvalue weighted by Crippen LogP contribution is -2.46. The number of nitrogens with zero attached hydrogens (tertiary/aromatic N) is 4. The Morgan fingerprint density at radius 2 is 1.86 bits per heavy atom. The maximum absolute atomic E-state index is 13.4. The molecule has 2 aromatic heterocycles. The average molecular weight is 595 g/mol. The highest BCUT2D eigenvalue weighted by molar-refractivity contribution is 6.24. The Labute approximate surface area is 253 Å². The van der Waals surface area contributed by atoms with Crippen LogP contribution in [-0.4, -0.2) is 93.0 Å². The topological polar surface area (TPSA) is 133 Å². The van der Waals surface area contributed by atoms with Crippen molar-refractivity contribution in [2.75, 3.05) is 33.8 Å². The Bertz CT molecular complexity index is 1820. The molecule has 3 aliphatic rings. The van der Waals surface area contributed by atoms with E-state index < -0.39 is 6.10 Å². The fourth-order valence-electron chi connectivity index (χ4n) is 6.48. The molecule has 2 aromatic carbocycles. The molecule has 1 saturated heterocycles. The smallest absolute Gasteiger partial charge is 0.261 e. The van der Waals surface area contributed by atoms with Crippen LogP contribution < -0.4 is 10.1 Å². The zero-order valence-corrected chi connectivity index (χ0v) is 24.7. The zero-order valence-electron chi connectivity index (χ0n) is 24.7. The first kappa shape index (κ1) is 28.1.